The smallest absolute Gasteiger partial charge is 0.317 e. The number of rotatable bonds is 9. The minimum absolute atomic E-state index is 0.0164. The average Bonchev–Trinajstić information content (AvgIpc) is 3.54. The zero-order valence-electron chi connectivity index (χ0n) is 23.5. The van der Waals surface area contributed by atoms with E-state index in [-0.39, 0.29) is 28.3 Å². The number of benzene rings is 2. The molecule has 0 spiro atoms. The van der Waals surface area contributed by atoms with Crippen LogP contribution in [0.5, 0.6) is 6.01 Å². The molecule has 0 amide bonds. The second-order valence-corrected chi connectivity index (χ2v) is 12.0. The van der Waals surface area contributed by atoms with Gasteiger partial charge in [0.15, 0.2) is 5.82 Å². The van der Waals surface area contributed by atoms with E-state index in [1.54, 1.807) is 24.4 Å². The molecule has 2 aliphatic heterocycles. The summed E-state index contributed by atoms with van der Waals surface area (Å²) in [4.78, 5) is 16.4. The van der Waals surface area contributed by atoms with E-state index in [2.05, 4.69) is 25.5 Å². The maximum atomic E-state index is 16.4. The predicted octanol–water partition coefficient (Wildman–Crippen LogP) is 5.36. The Labute approximate surface area is 238 Å². The van der Waals surface area contributed by atoms with Crippen molar-refractivity contribution in [3.05, 3.63) is 59.9 Å². The van der Waals surface area contributed by atoms with E-state index in [1.165, 1.54) is 12.5 Å². The Morgan fingerprint density at radius 2 is 1.76 bits per heavy atom. The second kappa shape index (κ2) is 10.5. The number of nitrogens with one attached hydrogen (secondary N) is 2. The fraction of sp³-hybridized carbons (Fsp3) is 0.469. The van der Waals surface area contributed by atoms with Gasteiger partial charge in [0.1, 0.15) is 23.6 Å². The first kappa shape index (κ1) is 26.6. The van der Waals surface area contributed by atoms with Crippen molar-refractivity contribution in [1.82, 2.24) is 30.5 Å². The summed E-state index contributed by atoms with van der Waals surface area (Å²) in [6.45, 7) is 3.89. The third kappa shape index (κ3) is 4.64. The van der Waals surface area contributed by atoms with Gasteiger partial charge < -0.3 is 15.4 Å². The fourth-order valence-electron chi connectivity index (χ4n) is 7.17. The van der Waals surface area contributed by atoms with Gasteiger partial charge in [0, 0.05) is 41.2 Å². The molecular formula is C32H36F2N6O. The van der Waals surface area contributed by atoms with Gasteiger partial charge in [-0.05, 0) is 76.5 Å². The summed E-state index contributed by atoms with van der Waals surface area (Å²) in [5.74, 6) is -1.01. The highest BCUT2D eigenvalue weighted by Gasteiger charge is 2.45. The van der Waals surface area contributed by atoms with E-state index in [0.717, 1.165) is 58.2 Å². The van der Waals surface area contributed by atoms with Gasteiger partial charge in [-0.15, -0.1) is 0 Å². The van der Waals surface area contributed by atoms with Crippen LogP contribution in [0.3, 0.4) is 0 Å². The molecule has 1 aliphatic carbocycles. The Hall–Kier alpha value is -3.27. The fourth-order valence-corrected chi connectivity index (χ4v) is 7.17. The average molecular weight is 559 g/mol. The van der Waals surface area contributed by atoms with Crippen molar-refractivity contribution >= 4 is 21.7 Å². The van der Waals surface area contributed by atoms with Gasteiger partial charge in [0.2, 0.25) is 0 Å². The molecule has 2 aromatic heterocycles. The van der Waals surface area contributed by atoms with Crippen molar-refractivity contribution in [2.24, 2.45) is 0 Å². The van der Waals surface area contributed by atoms with Crippen LogP contribution in [0.1, 0.15) is 50.6 Å². The monoisotopic (exact) mass is 558 g/mol. The van der Waals surface area contributed by atoms with Crippen molar-refractivity contribution in [2.45, 2.75) is 62.6 Å². The first-order valence-electron chi connectivity index (χ1n) is 14.8. The highest BCUT2D eigenvalue weighted by atomic mass is 19.1. The number of likely N-dealkylation sites (N-methyl/N-ethyl adjacent to an activating group) is 1. The lowest BCUT2D eigenvalue weighted by molar-refractivity contribution is 0.107. The zero-order valence-corrected chi connectivity index (χ0v) is 23.5. The van der Waals surface area contributed by atoms with Crippen LogP contribution in [0.25, 0.3) is 32.9 Å². The Bertz CT molecular complexity index is 1590. The van der Waals surface area contributed by atoms with Crippen molar-refractivity contribution in [1.29, 1.82) is 0 Å². The normalized spacial score (nSPS) is 19.5. The number of hydrogen-bond acceptors (Lipinski definition) is 7. The molecule has 7 rings (SSSR count). The number of halogens is 2. The molecule has 3 aliphatic rings. The number of hydrogen-bond donors (Lipinski definition) is 2. The van der Waals surface area contributed by atoms with Gasteiger partial charge in [-0.2, -0.15) is 9.97 Å². The van der Waals surface area contributed by atoms with Gasteiger partial charge in [-0.3, -0.25) is 9.88 Å². The highest BCUT2D eigenvalue weighted by molar-refractivity contribution is 5.98. The third-order valence-electron chi connectivity index (χ3n) is 9.73. The first-order chi connectivity index (χ1) is 20.0. The van der Waals surface area contributed by atoms with E-state index >= 15 is 4.39 Å². The summed E-state index contributed by atoms with van der Waals surface area (Å²) < 4.78 is 37.6. The van der Waals surface area contributed by atoms with Crippen LogP contribution in [-0.4, -0.2) is 64.2 Å². The zero-order chi connectivity index (χ0) is 28.0. The largest absolute Gasteiger partial charge is 0.461 e. The van der Waals surface area contributed by atoms with Crippen molar-refractivity contribution < 1.29 is 13.5 Å². The highest BCUT2D eigenvalue weighted by Crippen LogP contribution is 2.39. The van der Waals surface area contributed by atoms with Crippen molar-refractivity contribution in [3.63, 3.8) is 0 Å². The third-order valence-corrected chi connectivity index (χ3v) is 9.73. The van der Waals surface area contributed by atoms with Crippen LogP contribution in [0.2, 0.25) is 0 Å². The summed E-state index contributed by atoms with van der Waals surface area (Å²) in [5.41, 5.74) is 1.35. The van der Waals surface area contributed by atoms with E-state index in [1.807, 2.05) is 19.2 Å². The molecule has 2 saturated heterocycles. The number of pyridine rings is 1. The van der Waals surface area contributed by atoms with Gasteiger partial charge in [0.05, 0.1) is 11.2 Å². The molecular weight excluding hydrogens is 522 g/mol. The number of fused-ring (bicyclic) bond motifs is 3. The van der Waals surface area contributed by atoms with Gasteiger partial charge >= 0.3 is 6.01 Å². The summed E-state index contributed by atoms with van der Waals surface area (Å²) in [6, 6.07) is 10.3. The molecule has 214 valence electrons. The molecule has 9 heteroatoms. The van der Waals surface area contributed by atoms with Crippen LogP contribution in [0, 0.1) is 11.6 Å². The van der Waals surface area contributed by atoms with E-state index in [0.29, 0.717) is 40.6 Å². The van der Waals surface area contributed by atoms with Crippen LogP contribution in [0.15, 0.2) is 42.6 Å². The number of nitrogens with zero attached hydrogens (tertiary/aromatic N) is 4. The quantitative estimate of drug-likeness (QED) is 0.286. The van der Waals surface area contributed by atoms with Crippen LogP contribution in [-0.2, 0) is 6.54 Å². The minimum Gasteiger partial charge on any atom is -0.461 e. The molecule has 0 radical (unpaired) electrons. The Balaban J connectivity index is 1.27. The lowest BCUT2D eigenvalue weighted by Crippen LogP contribution is -2.55. The van der Waals surface area contributed by atoms with Crippen molar-refractivity contribution in [3.8, 4) is 17.3 Å². The molecule has 1 saturated carbocycles. The van der Waals surface area contributed by atoms with Crippen molar-refractivity contribution in [2.75, 3.05) is 33.3 Å². The van der Waals surface area contributed by atoms with E-state index in [4.69, 9.17) is 9.72 Å². The van der Waals surface area contributed by atoms with E-state index in [9.17, 15) is 4.39 Å². The summed E-state index contributed by atoms with van der Waals surface area (Å²) in [5, 5.41) is 8.53. The predicted molar refractivity (Wildman–Crippen MR) is 156 cm³/mol. The molecule has 7 nitrogen and oxygen atoms in total. The minimum atomic E-state index is -0.598. The maximum absolute atomic E-state index is 16.4. The summed E-state index contributed by atoms with van der Waals surface area (Å²) in [6.07, 6.45) is 9.57. The number of ether oxygens (including phenoxy) is 1. The van der Waals surface area contributed by atoms with Crippen LogP contribution in [0.4, 0.5) is 8.78 Å². The van der Waals surface area contributed by atoms with E-state index < -0.39 is 11.6 Å². The molecule has 0 atom stereocenters. The molecule has 3 fully saturated rings. The second-order valence-electron chi connectivity index (χ2n) is 12.0. The summed E-state index contributed by atoms with van der Waals surface area (Å²) in [7, 11) is 2.00. The van der Waals surface area contributed by atoms with Crippen LogP contribution < -0.4 is 15.4 Å². The SMILES string of the molecule is CNC1(CNCc2nc(OCC34CCCN3CCC4)nc3c(F)c(-c4cccc5cccc(F)c45)ncc23)CCC1. The topological polar surface area (TPSA) is 75.2 Å². The Kier molecular flexibility index (Phi) is 6.84. The molecule has 4 aromatic rings. The van der Waals surface area contributed by atoms with Gasteiger partial charge in [0.25, 0.3) is 0 Å². The molecule has 4 heterocycles. The van der Waals surface area contributed by atoms with Crippen LogP contribution >= 0.6 is 0 Å². The standard InChI is InChI=1S/C32H36F2N6O/c1-35-31(11-4-12-31)19-36-18-25-23-17-37-28(22-9-2-7-21-8-3-10-24(33)26(21)22)27(34)29(23)39-30(38-25)41-20-32-13-5-15-40(32)16-6-14-32/h2-3,7-10,17,35-36H,4-6,11-16,18-20H2,1H3. The maximum Gasteiger partial charge on any atom is 0.317 e. The Morgan fingerprint density at radius 1 is 0.976 bits per heavy atom. The lowest BCUT2D eigenvalue weighted by Gasteiger charge is -2.42. The molecule has 41 heavy (non-hydrogen) atoms. The summed E-state index contributed by atoms with van der Waals surface area (Å²) >= 11 is 0. The molecule has 2 aromatic carbocycles. The molecule has 0 bridgehead atoms. The van der Waals surface area contributed by atoms with Gasteiger partial charge in [-0.25, -0.2) is 8.78 Å². The number of aromatic nitrogens is 3. The lowest BCUT2D eigenvalue weighted by atomic mass is 9.77. The first-order valence-corrected chi connectivity index (χ1v) is 14.8. The Morgan fingerprint density at radius 3 is 2.49 bits per heavy atom. The molecule has 2 N–H and O–H groups in total. The van der Waals surface area contributed by atoms with Gasteiger partial charge in [-0.1, -0.05) is 30.3 Å². The molecule has 0 unspecified atom stereocenters.